The first-order valence-electron chi connectivity index (χ1n) is 6.40. The summed E-state index contributed by atoms with van der Waals surface area (Å²) in [5.41, 5.74) is 1.22. The van der Waals surface area contributed by atoms with E-state index in [2.05, 4.69) is 33.4 Å². The summed E-state index contributed by atoms with van der Waals surface area (Å²) in [5.74, 6) is 0. The summed E-state index contributed by atoms with van der Waals surface area (Å²) in [4.78, 5) is 0. The minimum Gasteiger partial charge on any atom is -0.375 e. The number of halogens is 1. The van der Waals surface area contributed by atoms with E-state index in [1.807, 2.05) is 12.1 Å². The van der Waals surface area contributed by atoms with Gasteiger partial charge in [0, 0.05) is 17.1 Å². The van der Waals surface area contributed by atoms with Crippen molar-refractivity contribution in [2.45, 2.75) is 38.3 Å². The summed E-state index contributed by atoms with van der Waals surface area (Å²) in [6, 6.07) is 9.01. The van der Waals surface area contributed by atoms with Crippen molar-refractivity contribution in [3.05, 3.63) is 34.3 Å². The highest BCUT2D eigenvalue weighted by Crippen LogP contribution is 2.17. The average molecular weight is 298 g/mol. The van der Waals surface area contributed by atoms with E-state index in [0.717, 1.165) is 23.7 Å². The summed E-state index contributed by atoms with van der Waals surface area (Å²) >= 11 is 3.46. The summed E-state index contributed by atoms with van der Waals surface area (Å²) in [6.07, 6.45) is 5.45. The fourth-order valence-electron chi connectivity index (χ4n) is 2.28. The molecule has 0 unspecified atom stereocenters. The van der Waals surface area contributed by atoms with Gasteiger partial charge in [0.15, 0.2) is 0 Å². The standard InChI is InChI=1S/C14H20BrNO/c15-13-5-3-4-12(10-13)11-17-9-8-16-14-6-1-2-7-14/h3-5,10,14,16H,1-2,6-9,11H2. The highest BCUT2D eigenvalue weighted by Gasteiger charge is 2.13. The Morgan fingerprint density at radius 3 is 2.88 bits per heavy atom. The topological polar surface area (TPSA) is 21.3 Å². The number of ether oxygens (including phenoxy) is 1. The molecule has 2 nitrogen and oxygen atoms in total. The van der Waals surface area contributed by atoms with Gasteiger partial charge in [-0.2, -0.15) is 0 Å². The van der Waals surface area contributed by atoms with Crippen LogP contribution in [-0.4, -0.2) is 19.2 Å². The van der Waals surface area contributed by atoms with Crippen LogP contribution in [0.2, 0.25) is 0 Å². The highest BCUT2D eigenvalue weighted by atomic mass is 79.9. The Kier molecular flexibility index (Phi) is 5.49. The molecule has 1 N–H and O–H groups in total. The Balaban J connectivity index is 1.56. The largest absolute Gasteiger partial charge is 0.375 e. The molecule has 94 valence electrons. The molecule has 0 heterocycles. The second-order valence-electron chi connectivity index (χ2n) is 4.62. The van der Waals surface area contributed by atoms with Crippen LogP contribution >= 0.6 is 15.9 Å². The lowest BCUT2D eigenvalue weighted by Gasteiger charge is -2.11. The molecule has 0 spiro atoms. The van der Waals surface area contributed by atoms with Crippen molar-refractivity contribution in [2.24, 2.45) is 0 Å². The Labute approximate surface area is 112 Å². The van der Waals surface area contributed by atoms with Crippen LogP contribution in [0.5, 0.6) is 0 Å². The minimum atomic E-state index is 0.700. The molecule has 3 heteroatoms. The fraction of sp³-hybridized carbons (Fsp3) is 0.571. The Morgan fingerprint density at radius 1 is 1.29 bits per heavy atom. The molecule has 1 aromatic rings. The Hall–Kier alpha value is -0.380. The van der Waals surface area contributed by atoms with Gasteiger partial charge in [-0.1, -0.05) is 40.9 Å². The van der Waals surface area contributed by atoms with Crippen LogP contribution in [0.3, 0.4) is 0 Å². The lowest BCUT2D eigenvalue weighted by Crippen LogP contribution is -2.29. The van der Waals surface area contributed by atoms with Gasteiger partial charge < -0.3 is 10.1 Å². The van der Waals surface area contributed by atoms with Crippen LogP contribution in [0, 0.1) is 0 Å². The van der Waals surface area contributed by atoms with Gasteiger partial charge in [-0.25, -0.2) is 0 Å². The summed E-state index contributed by atoms with van der Waals surface area (Å²) in [5, 5.41) is 3.54. The van der Waals surface area contributed by atoms with Crippen LogP contribution in [0.25, 0.3) is 0 Å². The molecule has 0 radical (unpaired) electrons. The molecule has 17 heavy (non-hydrogen) atoms. The van der Waals surface area contributed by atoms with E-state index >= 15 is 0 Å². The van der Waals surface area contributed by atoms with Gasteiger partial charge in [-0.3, -0.25) is 0 Å². The smallest absolute Gasteiger partial charge is 0.0717 e. The van der Waals surface area contributed by atoms with Crippen molar-refractivity contribution < 1.29 is 4.74 Å². The van der Waals surface area contributed by atoms with Gasteiger partial charge in [0.25, 0.3) is 0 Å². The van der Waals surface area contributed by atoms with Gasteiger partial charge in [-0.05, 0) is 30.5 Å². The summed E-state index contributed by atoms with van der Waals surface area (Å²) < 4.78 is 6.76. The molecule has 1 aromatic carbocycles. The quantitative estimate of drug-likeness (QED) is 0.812. The first-order chi connectivity index (χ1) is 8.34. The Morgan fingerprint density at radius 2 is 2.12 bits per heavy atom. The average Bonchev–Trinajstić information content (AvgIpc) is 2.82. The van der Waals surface area contributed by atoms with Gasteiger partial charge >= 0.3 is 0 Å². The molecule has 2 rings (SSSR count). The van der Waals surface area contributed by atoms with Gasteiger partial charge in [0.05, 0.1) is 13.2 Å². The predicted molar refractivity (Wildman–Crippen MR) is 74.1 cm³/mol. The number of benzene rings is 1. The second-order valence-corrected chi connectivity index (χ2v) is 5.53. The number of hydrogen-bond donors (Lipinski definition) is 1. The number of rotatable bonds is 6. The first-order valence-corrected chi connectivity index (χ1v) is 7.19. The zero-order valence-corrected chi connectivity index (χ0v) is 11.7. The molecule has 1 aliphatic carbocycles. The highest BCUT2D eigenvalue weighted by molar-refractivity contribution is 9.10. The van der Waals surface area contributed by atoms with Crippen molar-refractivity contribution in [3.8, 4) is 0 Å². The number of nitrogens with one attached hydrogen (secondary N) is 1. The van der Waals surface area contributed by atoms with Crippen LogP contribution in [-0.2, 0) is 11.3 Å². The zero-order valence-electron chi connectivity index (χ0n) is 10.1. The van der Waals surface area contributed by atoms with E-state index in [1.54, 1.807) is 0 Å². The van der Waals surface area contributed by atoms with Crippen LogP contribution < -0.4 is 5.32 Å². The van der Waals surface area contributed by atoms with Crippen molar-refractivity contribution in [3.63, 3.8) is 0 Å². The molecule has 0 amide bonds. The summed E-state index contributed by atoms with van der Waals surface area (Å²) in [6.45, 7) is 2.47. The normalized spacial score (nSPS) is 16.5. The molecule has 1 saturated carbocycles. The van der Waals surface area contributed by atoms with Crippen LogP contribution in [0.1, 0.15) is 31.2 Å². The molecule has 1 aliphatic rings. The van der Waals surface area contributed by atoms with E-state index in [4.69, 9.17) is 4.74 Å². The van der Waals surface area contributed by atoms with E-state index in [-0.39, 0.29) is 0 Å². The van der Waals surface area contributed by atoms with Crippen molar-refractivity contribution in [2.75, 3.05) is 13.2 Å². The molecule has 0 atom stereocenters. The lowest BCUT2D eigenvalue weighted by molar-refractivity contribution is 0.120. The van der Waals surface area contributed by atoms with E-state index in [1.165, 1.54) is 31.2 Å². The summed E-state index contributed by atoms with van der Waals surface area (Å²) in [7, 11) is 0. The Bertz CT molecular complexity index is 337. The SMILES string of the molecule is Brc1cccc(COCCNC2CCCC2)c1. The zero-order chi connectivity index (χ0) is 11.9. The molecule has 1 fully saturated rings. The maximum atomic E-state index is 5.65. The molecule has 0 aromatic heterocycles. The monoisotopic (exact) mass is 297 g/mol. The molecular weight excluding hydrogens is 278 g/mol. The maximum Gasteiger partial charge on any atom is 0.0717 e. The van der Waals surface area contributed by atoms with E-state index in [0.29, 0.717) is 6.61 Å². The molecular formula is C14H20BrNO. The third-order valence-corrected chi connectivity index (χ3v) is 3.69. The van der Waals surface area contributed by atoms with Crippen LogP contribution in [0.15, 0.2) is 28.7 Å². The third-order valence-electron chi connectivity index (χ3n) is 3.19. The molecule has 0 bridgehead atoms. The van der Waals surface area contributed by atoms with Crippen molar-refractivity contribution >= 4 is 15.9 Å². The van der Waals surface area contributed by atoms with Gasteiger partial charge in [0.1, 0.15) is 0 Å². The van der Waals surface area contributed by atoms with E-state index < -0.39 is 0 Å². The van der Waals surface area contributed by atoms with E-state index in [9.17, 15) is 0 Å². The maximum absolute atomic E-state index is 5.65. The van der Waals surface area contributed by atoms with Gasteiger partial charge in [-0.15, -0.1) is 0 Å². The predicted octanol–water partition coefficient (Wildman–Crippen LogP) is 3.50. The molecule has 0 aliphatic heterocycles. The first kappa shape index (κ1) is 13.1. The fourth-order valence-corrected chi connectivity index (χ4v) is 2.73. The van der Waals surface area contributed by atoms with Crippen molar-refractivity contribution in [1.82, 2.24) is 5.32 Å². The third kappa shape index (κ3) is 4.78. The second kappa shape index (κ2) is 7.14. The van der Waals surface area contributed by atoms with Crippen LogP contribution in [0.4, 0.5) is 0 Å². The van der Waals surface area contributed by atoms with Gasteiger partial charge in [0.2, 0.25) is 0 Å². The number of hydrogen-bond acceptors (Lipinski definition) is 2. The van der Waals surface area contributed by atoms with Crippen molar-refractivity contribution in [1.29, 1.82) is 0 Å². The lowest BCUT2D eigenvalue weighted by atomic mass is 10.2. The molecule has 0 saturated heterocycles. The minimum absolute atomic E-state index is 0.700.